The van der Waals surface area contributed by atoms with Gasteiger partial charge in [0.05, 0.1) is 145 Å². The molecule has 4 bridgehead atoms. The molecule has 3 aromatic carbocycles. The van der Waals surface area contributed by atoms with Crippen LogP contribution in [0.15, 0.2) is 11.8 Å². The number of phenols is 4. The van der Waals surface area contributed by atoms with Crippen LogP contribution < -0.4 is 9.47 Å². The fourth-order valence-electron chi connectivity index (χ4n) is 19.4. The van der Waals surface area contributed by atoms with Crippen molar-refractivity contribution in [3.8, 4) is 34.5 Å². The Hall–Kier alpha value is -5.94. The lowest BCUT2D eigenvalue weighted by atomic mass is 9.53. The van der Waals surface area contributed by atoms with Crippen molar-refractivity contribution >= 4 is 39.5 Å². The third-order valence-corrected chi connectivity index (χ3v) is 24.8. The normalized spacial score (nSPS) is 43.0. The Kier molecular flexibility index (Phi) is 21.1. The van der Waals surface area contributed by atoms with Crippen molar-refractivity contribution in [1.29, 1.82) is 0 Å². The first kappa shape index (κ1) is 78.7. The van der Waals surface area contributed by atoms with Gasteiger partial charge in [0.1, 0.15) is 70.8 Å². The fraction of sp³-hybridized carbons (Fsp3) is 0.707. The van der Waals surface area contributed by atoms with Crippen LogP contribution in [-0.2, 0) is 63.3 Å². The van der Waals surface area contributed by atoms with E-state index in [1.807, 2.05) is 0 Å². The van der Waals surface area contributed by atoms with E-state index < -0.39 is 309 Å². The van der Waals surface area contributed by atoms with Crippen molar-refractivity contribution in [2.75, 3.05) is 21.3 Å². The summed E-state index contributed by atoms with van der Waals surface area (Å²) < 4.78 is 87.3. The van der Waals surface area contributed by atoms with Gasteiger partial charge in [0.2, 0.25) is 23.1 Å². The van der Waals surface area contributed by atoms with Crippen LogP contribution in [0.5, 0.6) is 34.5 Å². The predicted molar refractivity (Wildman–Crippen MR) is 364 cm³/mol. The number of allylic oxidation sites excluding steroid dienone is 2. The molecule has 15 N–H and O–H groups in total. The Labute approximate surface area is 619 Å². The number of ether oxygens (including phenoxy) is 14. The number of carbonyl (C=O) groups is 4. The van der Waals surface area contributed by atoms with E-state index in [0.29, 0.717) is 12.8 Å². The molecule has 30 unspecified atom stereocenters. The van der Waals surface area contributed by atoms with Crippen molar-refractivity contribution in [2.45, 2.75) is 302 Å². The third-order valence-electron chi connectivity index (χ3n) is 24.8. The Morgan fingerprint density at radius 3 is 1.54 bits per heavy atom. The van der Waals surface area contributed by atoms with E-state index in [0.717, 1.165) is 21.3 Å². The highest BCUT2D eigenvalue weighted by molar-refractivity contribution is 6.43. The molecule has 5 aliphatic carbocycles. The zero-order chi connectivity index (χ0) is 77.9. The number of hydrogen-bond acceptors (Lipinski definition) is 33. The van der Waals surface area contributed by atoms with Crippen LogP contribution in [0.4, 0.5) is 0 Å². The minimum absolute atomic E-state index is 0.00613. The molecule has 8 fully saturated rings. The Balaban J connectivity index is 0.876. The molecule has 0 amide bonds. The first-order chi connectivity index (χ1) is 51.1. The van der Waals surface area contributed by atoms with Gasteiger partial charge in [0, 0.05) is 49.0 Å². The SMILES string of the molecule is CCCC1(O)C(OC2CCC(O)C(C)O2)C(O)C(OC2CC(O)C(O)C(C)O2)C2Cc3cc4c(OC)c(OC)c(C5=C(OC)C(=O)c6c(O)c7c(c(O)c6C5=O)C(=O)C5(O)C6C7OC5(CCC)C(OC5CCC(OC7CCC(O)C(C)O7)C(C)O5)C(O)C6OC5CC(O)C(O)C(C)O5)c(O)c4c(O)c3C(=O)C21O. The Morgan fingerprint density at radius 2 is 0.991 bits per heavy atom. The summed E-state index contributed by atoms with van der Waals surface area (Å²) in [5.74, 6) is -16.0. The minimum Gasteiger partial charge on any atom is -0.507 e. The van der Waals surface area contributed by atoms with Gasteiger partial charge in [-0.1, -0.05) is 26.7 Å². The van der Waals surface area contributed by atoms with Gasteiger partial charge in [-0.15, -0.1) is 0 Å². The lowest BCUT2D eigenvalue weighted by molar-refractivity contribution is -0.355. The summed E-state index contributed by atoms with van der Waals surface area (Å²) in [6.07, 6.45) is -31.8. The zero-order valence-corrected chi connectivity index (χ0v) is 61.3. The molecule has 11 aliphatic rings. The first-order valence-corrected chi connectivity index (χ1v) is 37.2. The molecule has 0 spiro atoms. The highest BCUT2D eigenvalue weighted by Crippen LogP contribution is 2.69. The van der Waals surface area contributed by atoms with Crippen LogP contribution in [0.3, 0.4) is 0 Å². The average Bonchev–Trinajstić information content (AvgIpc) is 1.46. The van der Waals surface area contributed by atoms with Crippen molar-refractivity contribution < 1.29 is 162 Å². The topological polar surface area (TPSA) is 501 Å². The average molecular weight is 1530 g/mol. The number of benzene rings is 3. The summed E-state index contributed by atoms with van der Waals surface area (Å²) in [4.78, 5) is 64.1. The minimum atomic E-state index is -3.15. The van der Waals surface area contributed by atoms with Crippen molar-refractivity contribution in [3.05, 3.63) is 50.8 Å². The fourth-order valence-corrected chi connectivity index (χ4v) is 19.4. The van der Waals surface area contributed by atoms with Crippen LogP contribution in [0, 0.1) is 11.8 Å². The Bertz CT molecular complexity index is 4050. The first-order valence-electron chi connectivity index (χ1n) is 37.2. The number of aromatic hydroxyl groups is 4. The second-order valence-corrected chi connectivity index (χ2v) is 30.9. The molecule has 0 aromatic heterocycles. The van der Waals surface area contributed by atoms with Gasteiger partial charge in [-0.25, -0.2) is 0 Å². The number of Topliss-reactive ketones (excluding diaryl/α,β-unsaturated/α-hetero) is 4. The zero-order valence-electron chi connectivity index (χ0n) is 61.3. The predicted octanol–water partition coefficient (Wildman–Crippen LogP) is 1.57. The van der Waals surface area contributed by atoms with Crippen LogP contribution in [0.1, 0.15) is 190 Å². The summed E-state index contributed by atoms with van der Waals surface area (Å²) in [6.45, 7) is 11.2. The number of phenolic OH excluding ortho intramolecular Hbond substituents is 4. The number of ketones is 4. The number of aliphatic hydroxyl groups excluding tert-OH is 8. The van der Waals surface area contributed by atoms with Gasteiger partial charge >= 0.3 is 0 Å². The van der Waals surface area contributed by atoms with Crippen molar-refractivity contribution in [3.63, 3.8) is 0 Å². The number of rotatable bonds is 18. The summed E-state index contributed by atoms with van der Waals surface area (Å²) in [5.41, 5.74) is -17.7. The summed E-state index contributed by atoms with van der Waals surface area (Å²) in [6, 6.07) is 1.26. The monoisotopic (exact) mass is 1530 g/mol. The summed E-state index contributed by atoms with van der Waals surface area (Å²) in [5, 5.41) is 182. The van der Waals surface area contributed by atoms with E-state index >= 15 is 19.2 Å². The molecule has 14 rings (SSSR count). The highest BCUT2D eigenvalue weighted by Gasteiger charge is 2.82. The number of hydrogen-bond donors (Lipinski definition) is 15. The van der Waals surface area contributed by atoms with Crippen LogP contribution in [0.25, 0.3) is 16.3 Å². The highest BCUT2D eigenvalue weighted by atomic mass is 16.7. The molecule has 33 heteroatoms. The molecule has 0 radical (unpaired) electrons. The largest absolute Gasteiger partial charge is 0.507 e. The van der Waals surface area contributed by atoms with Gasteiger partial charge in [0.25, 0.3) is 0 Å². The maximum atomic E-state index is 16.3. The molecule has 596 valence electrons. The van der Waals surface area contributed by atoms with Gasteiger partial charge in [0.15, 0.2) is 59.9 Å². The van der Waals surface area contributed by atoms with E-state index in [2.05, 4.69) is 0 Å². The molecule has 6 heterocycles. The molecule has 33 nitrogen and oxygen atoms in total. The molecule has 108 heavy (non-hydrogen) atoms. The smallest absolute Gasteiger partial charge is 0.232 e. The Morgan fingerprint density at radius 1 is 0.481 bits per heavy atom. The van der Waals surface area contributed by atoms with Crippen molar-refractivity contribution in [1.82, 2.24) is 0 Å². The van der Waals surface area contributed by atoms with Gasteiger partial charge in [-0.05, 0) is 84.8 Å². The number of aliphatic hydroxyl groups is 11. The number of fused-ring (bicyclic) bond motifs is 6. The molecule has 30 atom stereocenters. The van der Waals surface area contributed by atoms with Gasteiger partial charge < -0.3 is 143 Å². The lowest BCUT2D eigenvalue weighted by Gasteiger charge is -2.60. The third kappa shape index (κ3) is 11.7. The number of methoxy groups -OCH3 is 3. The van der Waals surface area contributed by atoms with E-state index in [-0.39, 0.29) is 62.3 Å². The van der Waals surface area contributed by atoms with Crippen molar-refractivity contribution in [2.24, 2.45) is 11.8 Å². The van der Waals surface area contributed by atoms with E-state index in [1.54, 1.807) is 34.6 Å². The quantitative estimate of drug-likeness (QED) is 0.0804. The molecule has 6 aliphatic heterocycles. The second-order valence-electron chi connectivity index (χ2n) is 30.9. The van der Waals surface area contributed by atoms with E-state index in [1.165, 1.54) is 19.9 Å². The molecule has 2 saturated carbocycles. The lowest BCUT2D eigenvalue weighted by Crippen LogP contribution is -2.80. The maximum Gasteiger partial charge on any atom is 0.232 e. The van der Waals surface area contributed by atoms with Gasteiger partial charge in [-0.2, -0.15) is 0 Å². The molecule has 6 saturated heterocycles. The molecular weight excluding hydrogens is 1430 g/mol. The van der Waals surface area contributed by atoms with E-state index in [4.69, 9.17) is 66.3 Å². The van der Waals surface area contributed by atoms with E-state index in [9.17, 15) is 76.6 Å². The maximum absolute atomic E-state index is 16.3. The van der Waals surface area contributed by atoms with Crippen LogP contribution in [0.2, 0.25) is 0 Å². The van der Waals surface area contributed by atoms with Gasteiger partial charge in [-0.3, -0.25) is 19.2 Å². The van der Waals surface area contributed by atoms with Crippen LogP contribution in [-0.4, -0.2) is 285 Å². The standard InChI is InChI=1S/C75H98O33/c1-11-19-72(92)70(106-39-17-14-34(77)26(4)99-39)60(88)63(104-41-23-35(78)52(80)28(6)101-41)32-22-30-21-31-44(54(82)43(30)68(90)74(32,72)93)55(83)48(66(97-10)62(31)95-8)47-56(84)45-46(59(87)65(47)96-9)57(85)49-50(58(45)86)69(91)75(94)51-64(49)108-73(75,20-12-2)71(61(89)67(51)105-42-24-36(79)53(81)29(7)102-42)107-40-18-15-37(27(5)100-40)103-38-16-13-33(76)25(3)98-38/h21,25-29,32-42,51-53,60-61,63-64,67,70-71,76-83,85-86,88-89,92-94H,11-20,22-24H2,1-10H3. The second kappa shape index (κ2) is 28.9. The summed E-state index contributed by atoms with van der Waals surface area (Å²) in [7, 11) is 3.12. The summed E-state index contributed by atoms with van der Waals surface area (Å²) >= 11 is 0. The number of carbonyl (C=O) groups excluding carboxylic acids is 4. The van der Waals surface area contributed by atoms with Crippen LogP contribution >= 0.6 is 0 Å². The molecular formula is C75H98O33. The molecule has 3 aromatic rings.